The number of thiazole rings is 1. The summed E-state index contributed by atoms with van der Waals surface area (Å²) in [5, 5.41) is 4.60. The predicted octanol–water partition coefficient (Wildman–Crippen LogP) is 3.44. The van der Waals surface area contributed by atoms with Crippen LogP contribution in [-0.2, 0) is 4.79 Å². The monoisotopic (exact) mass is 268 g/mol. The molecule has 0 unspecified atom stereocenters. The summed E-state index contributed by atoms with van der Waals surface area (Å²) in [5.41, 5.74) is 0.591. The van der Waals surface area contributed by atoms with E-state index in [2.05, 4.69) is 10.3 Å². The fourth-order valence-corrected chi connectivity index (χ4v) is 2.09. The molecule has 0 bridgehead atoms. The van der Waals surface area contributed by atoms with Crippen LogP contribution in [0.25, 0.3) is 11.3 Å². The molecule has 1 N–H and O–H groups in total. The van der Waals surface area contributed by atoms with E-state index < -0.39 is 11.6 Å². The average Bonchev–Trinajstić information content (AvgIpc) is 2.77. The highest BCUT2D eigenvalue weighted by Crippen LogP contribution is 2.27. The smallest absolute Gasteiger partial charge is 0.225 e. The van der Waals surface area contributed by atoms with Gasteiger partial charge in [0.1, 0.15) is 11.6 Å². The van der Waals surface area contributed by atoms with Crippen LogP contribution in [0.2, 0.25) is 0 Å². The molecule has 0 atom stereocenters. The van der Waals surface area contributed by atoms with E-state index in [4.69, 9.17) is 0 Å². The zero-order chi connectivity index (χ0) is 13.1. The molecule has 3 nitrogen and oxygen atoms in total. The number of rotatable bonds is 3. The van der Waals surface area contributed by atoms with Gasteiger partial charge in [-0.25, -0.2) is 13.8 Å². The lowest BCUT2D eigenvalue weighted by Gasteiger charge is -1.99. The van der Waals surface area contributed by atoms with Gasteiger partial charge >= 0.3 is 0 Å². The van der Waals surface area contributed by atoms with Crippen LogP contribution >= 0.6 is 11.3 Å². The summed E-state index contributed by atoms with van der Waals surface area (Å²) in [5.74, 6) is -1.46. The van der Waals surface area contributed by atoms with Crippen LogP contribution in [0.15, 0.2) is 23.6 Å². The molecule has 6 heteroatoms. The Balaban J connectivity index is 2.26. The average molecular weight is 268 g/mol. The number of nitrogens with zero attached hydrogens (tertiary/aromatic N) is 1. The van der Waals surface area contributed by atoms with Crippen molar-refractivity contribution in [2.45, 2.75) is 13.3 Å². The highest BCUT2D eigenvalue weighted by molar-refractivity contribution is 7.14. The molecule has 1 aromatic carbocycles. The standard InChI is InChI=1S/C12H10F2N2OS/c1-2-11(17)16-12-15-10(6-18-12)8-4-3-7(13)5-9(8)14/h3-6H,2H2,1H3,(H,15,16,17). The molecular weight excluding hydrogens is 258 g/mol. The van der Waals surface area contributed by atoms with E-state index in [-0.39, 0.29) is 11.5 Å². The van der Waals surface area contributed by atoms with Gasteiger partial charge in [-0.1, -0.05) is 6.92 Å². The minimum Gasteiger partial charge on any atom is -0.302 e. The molecule has 18 heavy (non-hydrogen) atoms. The largest absolute Gasteiger partial charge is 0.302 e. The highest BCUT2D eigenvalue weighted by Gasteiger charge is 2.11. The molecule has 2 rings (SSSR count). The van der Waals surface area contributed by atoms with Crippen molar-refractivity contribution in [3.63, 3.8) is 0 Å². The summed E-state index contributed by atoms with van der Waals surface area (Å²) >= 11 is 1.20. The topological polar surface area (TPSA) is 42.0 Å². The van der Waals surface area contributed by atoms with E-state index >= 15 is 0 Å². The van der Waals surface area contributed by atoms with Crippen molar-refractivity contribution in [2.24, 2.45) is 0 Å². The number of carbonyl (C=O) groups is 1. The molecule has 0 saturated heterocycles. The number of hydrogen-bond donors (Lipinski definition) is 1. The summed E-state index contributed by atoms with van der Waals surface area (Å²) < 4.78 is 26.3. The Kier molecular flexibility index (Phi) is 3.66. The third-order valence-electron chi connectivity index (χ3n) is 2.28. The Morgan fingerprint density at radius 2 is 2.22 bits per heavy atom. The van der Waals surface area contributed by atoms with Gasteiger partial charge in [-0.05, 0) is 12.1 Å². The van der Waals surface area contributed by atoms with Crippen molar-refractivity contribution in [3.05, 3.63) is 35.2 Å². The highest BCUT2D eigenvalue weighted by atomic mass is 32.1. The summed E-state index contributed by atoms with van der Waals surface area (Å²) in [6.07, 6.45) is 0.347. The first-order chi connectivity index (χ1) is 8.60. The first kappa shape index (κ1) is 12.6. The van der Waals surface area contributed by atoms with Crippen molar-refractivity contribution in [2.75, 3.05) is 5.32 Å². The maximum Gasteiger partial charge on any atom is 0.225 e. The molecule has 1 heterocycles. The van der Waals surface area contributed by atoms with E-state index in [9.17, 15) is 13.6 Å². The lowest BCUT2D eigenvalue weighted by Crippen LogP contribution is -2.08. The molecule has 0 aliphatic heterocycles. The second kappa shape index (κ2) is 5.22. The molecule has 1 amide bonds. The SMILES string of the molecule is CCC(=O)Nc1nc(-c2ccc(F)cc2F)cs1. The van der Waals surface area contributed by atoms with Crippen LogP contribution in [0.1, 0.15) is 13.3 Å². The second-order valence-electron chi connectivity index (χ2n) is 3.56. The van der Waals surface area contributed by atoms with Gasteiger partial charge in [0.25, 0.3) is 0 Å². The van der Waals surface area contributed by atoms with Crippen LogP contribution in [0.4, 0.5) is 13.9 Å². The molecular formula is C12H10F2N2OS. The Morgan fingerprint density at radius 3 is 2.89 bits per heavy atom. The molecule has 0 aliphatic rings. The van der Waals surface area contributed by atoms with Crippen LogP contribution in [-0.4, -0.2) is 10.9 Å². The maximum atomic E-state index is 13.5. The molecule has 0 saturated carbocycles. The summed E-state index contributed by atoms with van der Waals surface area (Å²) in [6.45, 7) is 1.73. The van der Waals surface area contributed by atoms with Crippen LogP contribution in [0.3, 0.4) is 0 Å². The van der Waals surface area contributed by atoms with Crippen LogP contribution < -0.4 is 5.32 Å². The Morgan fingerprint density at radius 1 is 1.44 bits per heavy atom. The van der Waals surface area contributed by atoms with E-state index in [1.54, 1.807) is 12.3 Å². The Bertz CT molecular complexity index is 583. The fraction of sp³-hybridized carbons (Fsp3) is 0.167. The zero-order valence-electron chi connectivity index (χ0n) is 9.54. The van der Waals surface area contributed by atoms with Crippen molar-refractivity contribution in [1.29, 1.82) is 0 Å². The number of hydrogen-bond acceptors (Lipinski definition) is 3. The molecule has 1 aromatic heterocycles. The first-order valence-electron chi connectivity index (χ1n) is 5.31. The predicted molar refractivity (Wildman–Crippen MR) is 66.4 cm³/mol. The summed E-state index contributed by atoms with van der Waals surface area (Å²) in [4.78, 5) is 15.3. The van der Waals surface area contributed by atoms with Gasteiger partial charge in [-0.3, -0.25) is 4.79 Å². The minimum atomic E-state index is -0.673. The quantitative estimate of drug-likeness (QED) is 0.926. The number of amides is 1. The Labute approximate surface area is 106 Å². The number of nitrogens with one attached hydrogen (secondary N) is 1. The summed E-state index contributed by atoms with van der Waals surface area (Å²) in [6, 6.07) is 3.30. The lowest BCUT2D eigenvalue weighted by molar-refractivity contribution is -0.115. The molecule has 2 aromatic rings. The second-order valence-corrected chi connectivity index (χ2v) is 4.42. The number of anilines is 1. The maximum absolute atomic E-state index is 13.5. The molecule has 0 radical (unpaired) electrons. The van der Waals surface area contributed by atoms with E-state index in [0.717, 1.165) is 6.07 Å². The molecule has 0 spiro atoms. The zero-order valence-corrected chi connectivity index (χ0v) is 10.4. The van der Waals surface area contributed by atoms with E-state index in [1.165, 1.54) is 23.5 Å². The molecule has 94 valence electrons. The fourth-order valence-electron chi connectivity index (χ4n) is 1.36. The van der Waals surface area contributed by atoms with Gasteiger partial charge in [-0.2, -0.15) is 0 Å². The third kappa shape index (κ3) is 2.70. The number of benzene rings is 1. The van der Waals surface area contributed by atoms with E-state index in [0.29, 0.717) is 17.2 Å². The lowest BCUT2D eigenvalue weighted by atomic mass is 10.1. The van der Waals surface area contributed by atoms with Gasteiger partial charge in [-0.15, -0.1) is 11.3 Å². The summed E-state index contributed by atoms with van der Waals surface area (Å²) in [7, 11) is 0. The van der Waals surface area contributed by atoms with Gasteiger partial charge in [0.2, 0.25) is 5.91 Å². The Hall–Kier alpha value is -1.82. The van der Waals surface area contributed by atoms with E-state index in [1.807, 2.05) is 0 Å². The van der Waals surface area contributed by atoms with Crippen LogP contribution in [0, 0.1) is 11.6 Å². The van der Waals surface area contributed by atoms with Gasteiger partial charge in [0.15, 0.2) is 5.13 Å². The van der Waals surface area contributed by atoms with Crippen LogP contribution in [0.5, 0.6) is 0 Å². The number of carbonyl (C=O) groups excluding carboxylic acids is 1. The van der Waals surface area contributed by atoms with Gasteiger partial charge < -0.3 is 5.32 Å². The third-order valence-corrected chi connectivity index (χ3v) is 3.04. The van der Waals surface area contributed by atoms with Gasteiger partial charge in [0.05, 0.1) is 5.69 Å². The first-order valence-corrected chi connectivity index (χ1v) is 6.19. The normalized spacial score (nSPS) is 10.4. The van der Waals surface area contributed by atoms with Crippen molar-refractivity contribution >= 4 is 22.4 Å². The molecule has 0 fully saturated rings. The van der Waals surface area contributed by atoms with Crippen molar-refractivity contribution < 1.29 is 13.6 Å². The van der Waals surface area contributed by atoms with Crippen molar-refractivity contribution in [1.82, 2.24) is 4.98 Å². The number of halogens is 2. The minimum absolute atomic E-state index is 0.157. The van der Waals surface area contributed by atoms with Gasteiger partial charge in [0, 0.05) is 23.4 Å². The molecule has 0 aliphatic carbocycles. The van der Waals surface area contributed by atoms with Crippen molar-refractivity contribution in [3.8, 4) is 11.3 Å². The number of aromatic nitrogens is 1.